The molecule has 1 aromatic heterocycles. The summed E-state index contributed by atoms with van der Waals surface area (Å²) in [5, 5.41) is 0.550. The van der Waals surface area contributed by atoms with Gasteiger partial charge >= 0.3 is 6.09 Å². The van der Waals surface area contributed by atoms with E-state index >= 15 is 0 Å². The lowest BCUT2D eigenvalue weighted by atomic mass is 9.63. The summed E-state index contributed by atoms with van der Waals surface area (Å²) in [6.07, 6.45) is 1.80. The summed E-state index contributed by atoms with van der Waals surface area (Å²) in [5.41, 5.74) is 2.53. The van der Waals surface area contributed by atoms with Crippen molar-refractivity contribution in [3.63, 3.8) is 0 Å². The maximum atomic E-state index is 14.1. The number of aromatic nitrogens is 2. The summed E-state index contributed by atoms with van der Waals surface area (Å²) < 4.78 is 36.6. The van der Waals surface area contributed by atoms with Gasteiger partial charge in [0.2, 0.25) is 5.91 Å². The number of hydrogen-bond donors (Lipinski definition) is 0. The molecule has 2 amide bonds. The zero-order chi connectivity index (χ0) is 28.1. The van der Waals surface area contributed by atoms with Gasteiger partial charge in [0, 0.05) is 49.4 Å². The number of aryl methyl sites for hydroxylation is 1. The molecule has 0 radical (unpaired) electrons. The predicted molar refractivity (Wildman–Crippen MR) is 150 cm³/mol. The fourth-order valence-electron chi connectivity index (χ4n) is 6.06. The highest BCUT2D eigenvalue weighted by Crippen LogP contribution is 2.54. The molecule has 3 aliphatic rings. The Morgan fingerprint density at radius 1 is 1.18 bits per heavy atom. The predicted octanol–water partition coefficient (Wildman–Crippen LogP) is 3.54. The van der Waals surface area contributed by atoms with Crippen molar-refractivity contribution in [2.24, 2.45) is 0 Å². The van der Waals surface area contributed by atoms with Gasteiger partial charge in [0.1, 0.15) is 21.8 Å². The topological polar surface area (TPSA) is 111 Å². The minimum absolute atomic E-state index is 0.0415. The van der Waals surface area contributed by atoms with E-state index in [1.165, 1.54) is 6.26 Å². The Bertz CT molecular complexity index is 1580. The Balaban J connectivity index is 1.25. The highest BCUT2D eigenvalue weighted by atomic mass is 35.5. The Hall–Kier alpha value is -3.15. The number of rotatable bonds is 7. The Kier molecular flexibility index (Phi) is 7.00. The van der Waals surface area contributed by atoms with Gasteiger partial charge in [-0.1, -0.05) is 29.8 Å². The highest BCUT2D eigenvalue weighted by molar-refractivity contribution is 7.90. The minimum atomic E-state index is -3.12. The molecule has 1 saturated heterocycles. The van der Waals surface area contributed by atoms with Crippen molar-refractivity contribution in [3.8, 4) is 0 Å². The number of hydrogen-bond acceptors (Lipinski definition) is 7. The molecule has 3 heterocycles. The summed E-state index contributed by atoms with van der Waals surface area (Å²) in [5.74, 6) is 0.666. The van der Waals surface area contributed by atoms with E-state index in [0.29, 0.717) is 68.5 Å². The van der Waals surface area contributed by atoms with Crippen LogP contribution in [-0.2, 0) is 42.6 Å². The molecular weight excluding hydrogens is 556 g/mol. The number of benzene rings is 2. The van der Waals surface area contributed by atoms with Crippen molar-refractivity contribution in [1.82, 2.24) is 14.5 Å². The molecule has 0 N–H and O–H groups in total. The molecule has 1 spiro atoms. The summed E-state index contributed by atoms with van der Waals surface area (Å²) in [7, 11) is -3.12. The summed E-state index contributed by atoms with van der Waals surface area (Å²) in [4.78, 5) is 34.9. The van der Waals surface area contributed by atoms with Gasteiger partial charge in [-0.25, -0.2) is 18.2 Å². The molecule has 6 rings (SSSR count). The van der Waals surface area contributed by atoms with Crippen LogP contribution in [0, 0.1) is 0 Å². The molecule has 0 unspecified atom stereocenters. The molecule has 0 bridgehead atoms. The number of amides is 2. The second-order valence-corrected chi connectivity index (χ2v) is 13.5. The second-order valence-electron chi connectivity index (χ2n) is 10.8. The molecule has 10 nitrogen and oxygen atoms in total. The van der Waals surface area contributed by atoms with E-state index in [-0.39, 0.29) is 30.4 Å². The van der Waals surface area contributed by atoms with Crippen LogP contribution in [0.15, 0.2) is 42.5 Å². The van der Waals surface area contributed by atoms with Crippen molar-refractivity contribution in [2.75, 3.05) is 43.2 Å². The van der Waals surface area contributed by atoms with Gasteiger partial charge in [-0.2, -0.15) is 0 Å². The average molecular weight is 587 g/mol. The minimum Gasteiger partial charge on any atom is -0.446 e. The number of carbonyl (C=O) groups excluding carboxylic acids is 2. The first kappa shape index (κ1) is 27.0. The van der Waals surface area contributed by atoms with Crippen molar-refractivity contribution >= 4 is 50.2 Å². The van der Waals surface area contributed by atoms with E-state index in [9.17, 15) is 18.0 Å². The monoisotopic (exact) mass is 586 g/mol. The number of ether oxygens (including phenoxy) is 2. The number of imidazole rings is 1. The van der Waals surface area contributed by atoms with Crippen LogP contribution in [-0.4, -0.2) is 79.3 Å². The van der Waals surface area contributed by atoms with E-state index in [0.717, 1.165) is 16.8 Å². The SMILES string of the molecule is CS(=O)(=O)CCCn1c(CN2C(=O)C3(CC(OC(=O)N4CCOCC4)C3)c3ccccc32)nc2cc(Cl)ccc21. The average Bonchev–Trinajstić information content (AvgIpc) is 3.36. The van der Waals surface area contributed by atoms with Gasteiger partial charge in [0.05, 0.1) is 42.0 Å². The van der Waals surface area contributed by atoms with Crippen LogP contribution in [0.2, 0.25) is 5.02 Å². The smallest absolute Gasteiger partial charge is 0.410 e. The molecule has 0 atom stereocenters. The van der Waals surface area contributed by atoms with Crippen molar-refractivity contribution < 1.29 is 27.5 Å². The number of fused-ring (bicyclic) bond motifs is 3. The standard InChI is InChI=1S/C28H31ClN4O6S/c1-40(36,37)14-4-9-32-24-8-7-19(29)15-22(24)30-25(32)18-33-23-6-3-2-5-21(23)28(26(33)34)16-20(17-28)39-27(35)31-10-12-38-13-11-31/h2-3,5-8,15,20H,4,9-14,16-18H2,1H3. The molecular formula is C28H31ClN4O6S. The zero-order valence-corrected chi connectivity index (χ0v) is 23.8. The summed E-state index contributed by atoms with van der Waals surface area (Å²) in [6, 6.07) is 13.2. The number of carbonyl (C=O) groups is 2. The van der Waals surface area contributed by atoms with E-state index in [4.69, 9.17) is 26.1 Å². The molecule has 2 aliphatic heterocycles. The lowest BCUT2D eigenvalue weighted by molar-refractivity contribution is -0.131. The van der Waals surface area contributed by atoms with Gasteiger partial charge < -0.3 is 23.8 Å². The first-order valence-electron chi connectivity index (χ1n) is 13.4. The third kappa shape index (κ3) is 4.95. The molecule has 12 heteroatoms. The molecule has 3 aromatic rings. The Morgan fingerprint density at radius 3 is 2.67 bits per heavy atom. The normalized spacial score (nSPS) is 22.6. The summed E-state index contributed by atoms with van der Waals surface area (Å²) >= 11 is 6.23. The molecule has 1 saturated carbocycles. The highest BCUT2D eigenvalue weighted by Gasteiger charge is 2.59. The van der Waals surface area contributed by atoms with Crippen LogP contribution in [0.1, 0.15) is 30.7 Å². The zero-order valence-electron chi connectivity index (χ0n) is 22.2. The molecule has 2 fully saturated rings. The van der Waals surface area contributed by atoms with Gasteiger partial charge in [-0.05, 0) is 36.2 Å². The van der Waals surface area contributed by atoms with Crippen LogP contribution in [0.5, 0.6) is 0 Å². The van der Waals surface area contributed by atoms with Crippen LogP contribution < -0.4 is 4.90 Å². The van der Waals surface area contributed by atoms with Gasteiger partial charge in [-0.3, -0.25) is 4.79 Å². The number of sulfone groups is 1. The van der Waals surface area contributed by atoms with Crippen LogP contribution in [0.4, 0.5) is 10.5 Å². The largest absolute Gasteiger partial charge is 0.446 e. The number of halogens is 1. The van der Waals surface area contributed by atoms with Crippen LogP contribution in [0.25, 0.3) is 11.0 Å². The number of morpholine rings is 1. The fraction of sp³-hybridized carbons (Fsp3) is 0.464. The third-order valence-corrected chi connectivity index (χ3v) is 9.31. The van der Waals surface area contributed by atoms with E-state index in [1.54, 1.807) is 21.9 Å². The summed E-state index contributed by atoms with van der Waals surface area (Å²) in [6.45, 7) is 2.66. The van der Waals surface area contributed by atoms with Crippen molar-refractivity contribution in [3.05, 3.63) is 58.9 Å². The van der Waals surface area contributed by atoms with Crippen LogP contribution >= 0.6 is 11.6 Å². The lowest BCUT2D eigenvalue weighted by Crippen LogP contribution is -2.54. The molecule has 1 aliphatic carbocycles. The van der Waals surface area contributed by atoms with Gasteiger partial charge in [0.15, 0.2) is 0 Å². The first-order valence-corrected chi connectivity index (χ1v) is 15.9. The van der Waals surface area contributed by atoms with E-state index in [1.807, 2.05) is 34.9 Å². The third-order valence-electron chi connectivity index (χ3n) is 8.04. The van der Waals surface area contributed by atoms with Gasteiger partial charge in [-0.15, -0.1) is 0 Å². The maximum absolute atomic E-state index is 14.1. The first-order chi connectivity index (χ1) is 19.1. The fourth-order valence-corrected chi connectivity index (χ4v) is 6.88. The quantitative estimate of drug-likeness (QED) is 0.416. The Morgan fingerprint density at radius 2 is 1.93 bits per heavy atom. The van der Waals surface area contributed by atoms with E-state index < -0.39 is 15.3 Å². The second kappa shape index (κ2) is 10.4. The maximum Gasteiger partial charge on any atom is 0.410 e. The number of anilines is 1. The number of nitrogens with zero attached hydrogens (tertiary/aromatic N) is 4. The molecule has 2 aromatic carbocycles. The van der Waals surface area contributed by atoms with Crippen molar-refractivity contribution in [1.29, 1.82) is 0 Å². The Labute approximate surface area is 237 Å². The van der Waals surface area contributed by atoms with Gasteiger partial charge in [0.25, 0.3) is 0 Å². The van der Waals surface area contributed by atoms with E-state index in [2.05, 4.69) is 0 Å². The lowest BCUT2D eigenvalue weighted by Gasteiger charge is -2.43. The number of para-hydroxylation sites is 1. The molecule has 212 valence electrons. The van der Waals surface area contributed by atoms with Crippen molar-refractivity contribution in [2.45, 2.75) is 43.9 Å². The molecule has 40 heavy (non-hydrogen) atoms. The van der Waals surface area contributed by atoms with Crippen LogP contribution in [0.3, 0.4) is 0 Å².